The van der Waals surface area contributed by atoms with Gasteiger partial charge in [-0.15, -0.1) is 0 Å². The highest BCUT2D eigenvalue weighted by Crippen LogP contribution is 2.13. The van der Waals surface area contributed by atoms with E-state index in [0.717, 1.165) is 18.8 Å². The van der Waals surface area contributed by atoms with Crippen LogP contribution in [0.2, 0.25) is 0 Å². The first-order valence-corrected chi connectivity index (χ1v) is 9.55. The molecule has 0 aliphatic heterocycles. The van der Waals surface area contributed by atoms with Crippen LogP contribution in [0.3, 0.4) is 0 Å². The molecule has 0 aromatic heterocycles. The molecule has 0 heterocycles. The molecule has 0 rings (SSSR count). The van der Waals surface area contributed by atoms with Gasteiger partial charge in [0.25, 0.3) is 0 Å². The number of hydrogen-bond acceptors (Lipinski definition) is 4. The van der Waals surface area contributed by atoms with Gasteiger partial charge in [0.05, 0.1) is 13.2 Å². The minimum atomic E-state index is -0.954. The summed E-state index contributed by atoms with van der Waals surface area (Å²) in [5, 5.41) is 32.5. The molecule has 0 saturated heterocycles. The summed E-state index contributed by atoms with van der Waals surface area (Å²) in [6.45, 7) is 3.86. The number of carbonyl (C=O) groups is 1. The topological polar surface area (TPSA) is 98.0 Å². The van der Waals surface area contributed by atoms with Gasteiger partial charge in [-0.05, 0) is 12.3 Å². The van der Waals surface area contributed by atoms with Crippen LogP contribution in [0.25, 0.3) is 0 Å². The first-order chi connectivity index (χ1) is 11.4. The SMILES string of the molecule is CC(C)CCCCCCCCCCCCC(=O)O.OCC(O)CO. The van der Waals surface area contributed by atoms with Crippen LogP contribution in [0.4, 0.5) is 0 Å². The van der Waals surface area contributed by atoms with Crippen LogP contribution in [0.1, 0.15) is 90.9 Å². The molecule has 24 heavy (non-hydrogen) atoms. The Labute approximate surface area is 148 Å². The molecule has 0 aromatic rings. The molecule has 0 amide bonds. The standard InChI is InChI=1S/C16H32O2.C3H8O3/c1-15(2)13-11-9-7-5-3-4-6-8-10-12-14-16(17)18;4-1-3(6)2-5/h15H,3-14H2,1-2H3,(H,17,18);3-6H,1-2H2. The normalized spacial score (nSPS) is 10.8. The van der Waals surface area contributed by atoms with E-state index in [-0.39, 0.29) is 13.2 Å². The summed E-state index contributed by atoms with van der Waals surface area (Å²) in [5.41, 5.74) is 0. The second kappa shape index (κ2) is 20.4. The molecule has 0 aliphatic rings. The fourth-order valence-corrected chi connectivity index (χ4v) is 2.30. The molecule has 4 N–H and O–H groups in total. The van der Waals surface area contributed by atoms with Crippen molar-refractivity contribution < 1.29 is 25.2 Å². The van der Waals surface area contributed by atoms with E-state index in [1.54, 1.807) is 0 Å². The monoisotopic (exact) mass is 348 g/mol. The van der Waals surface area contributed by atoms with E-state index in [1.807, 2.05) is 0 Å². The number of aliphatic hydroxyl groups excluding tert-OH is 3. The largest absolute Gasteiger partial charge is 0.481 e. The number of aliphatic carboxylic acids is 1. The lowest BCUT2D eigenvalue weighted by Crippen LogP contribution is -2.15. The fourth-order valence-electron chi connectivity index (χ4n) is 2.30. The molecule has 0 bridgehead atoms. The highest BCUT2D eigenvalue weighted by atomic mass is 16.4. The van der Waals surface area contributed by atoms with Gasteiger partial charge < -0.3 is 20.4 Å². The van der Waals surface area contributed by atoms with Crippen molar-refractivity contribution in [3.8, 4) is 0 Å². The molecule has 0 unspecified atom stereocenters. The second-order valence-electron chi connectivity index (χ2n) is 6.88. The van der Waals surface area contributed by atoms with Crippen molar-refractivity contribution in [2.75, 3.05) is 13.2 Å². The minimum absolute atomic E-state index is 0.343. The Morgan fingerprint density at radius 2 is 1.12 bits per heavy atom. The fraction of sp³-hybridized carbons (Fsp3) is 0.947. The Hall–Kier alpha value is -0.650. The van der Waals surface area contributed by atoms with Crippen molar-refractivity contribution in [2.45, 2.75) is 97.0 Å². The lowest BCUT2D eigenvalue weighted by Gasteiger charge is -2.04. The van der Waals surface area contributed by atoms with Gasteiger partial charge in [-0.3, -0.25) is 4.79 Å². The van der Waals surface area contributed by atoms with E-state index in [9.17, 15) is 4.79 Å². The maximum atomic E-state index is 10.3. The number of carboxylic acids is 1. The smallest absolute Gasteiger partial charge is 0.303 e. The Balaban J connectivity index is 0. The van der Waals surface area contributed by atoms with Crippen LogP contribution in [0.5, 0.6) is 0 Å². The van der Waals surface area contributed by atoms with Gasteiger partial charge in [-0.1, -0.05) is 78.1 Å². The van der Waals surface area contributed by atoms with Gasteiger partial charge in [0.15, 0.2) is 0 Å². The molecule has 5 nitrogen and oxygen atoms in total. The molecular formula is C19H40O5. The number of unbranched alkanes of at least 4 members (excludes halogenated alkanes) is 9. The molecular weight excluding hydrogens is 308 g/mol. The van der Waals surface area contributed by atoms with Crippen LogP contribution >= 0.6 is 0 Å². The van der Waals surface area contributed by atoms with Crippen LogP contribution in [-0.2, 0) is 4.79 Å². The summed E-state index contributed by atoms with van der Waals surface area (Å²) in [6.07, 6.45) is 13.5. The van der Waals surface area contributed by atoms with Crippen molar-refractivity contribution in [2.24, 2.45) is 5.92 Å². The van der Waals surface area contributed by atoms with Crippen LogP contribution < -0.4 is 0 Å². The Kier molecular flexibility index (Phi) is 21.7. The van der Waals surface area contributed by atoms with Crippen molar-refractivity contribution in [3.05, 3.63) is 0 Å². The summed E-state index contributed by atoms with van der Waals surface area (Å²) in [4.78, 5) is 10.3. The predicted octanol–water partition coefficient (Wildman–Crippen LogP) is 3.74. The molecule has 0 fully saturated rings. The molecule has 0 saturated carbocycles. The van der Waals surface area contributed by atoms with Crippen molar-refractivity contribution >= 4 is 5.97 Å². The Morgan fingerprint density at radius 1 is 0.750 bits per heavy atom. The quantitative estimate of drug-likeness (QED) is 0.338. The van der Waals surface area contributed by atoms with Gasteiger partial charge in [-0.25, -0.2) is 0 Å². The van der Waals surface area contributed by atoms with Crippen molar-refractivity contribution in [1.29, 1.82) is 0 Å². The highest BCUT2D eigenvalue weighted by molar-refractivity contribution is 5.66. The third-order valence-electron chi connectivity index (χ3n) is 3.84. The Morgan fingerprint density at radius 3 is 1.42 bits per heavy atom. The number of hydrogen-bond donors (Lipinski definition) is 4. The lowest BCUT2D eigenvalue weighted by atomic mass is 10.0. The van der Waals surface area contributed by atoms with Gasteiger partial charge in [-0.2, -0.15) is 0 Å². The summed E-state index contributed by atoms with van der Waals surface area (Å²) < 4.78 is 0. The van der Waals surface area contributed by atoms with Crippen molar-refractivity contribution in [3.63, 3.8) is 0 Å². The molecule has 146 valence electrons. The maximum absolute atomic E-state index is 10.3. The minimum Gasteiger partial charge on any atom is -0.481 e. The Bertz CT molecular complexity index is 252. The van der Waals surface area contributed by atoms with Gasteiger partial charge >= 0.3 is 5.97 Å². The van der Waals surface area contributed by atoms with Gasteiger partial charge in [0.2, 0.25) is 0 Å². The van der Waals surface area contributed by atoms with E-state index < -0.39 is 12.1 Å². The van der Waals surface area contributed by atoms with E-state index >= 15 is 0 Å². The first kappa shape index (κ1) is 25.6. The lowest BCUT2D eigenvalue weighted by molar-refractivity contribution is -0.137. The average molecular weight is 349 g/mol. The summed E-state index contributed by atoms with van der Waals surface area (Å²) in [5.74, 6) is 0.201. The molecule has 0 aliphatic carbocycles. The average Bonchev–Trinajstić information content (AvgIpc) is 2.55. The van der Waals surface area contributed by atoms with Crippen LogP contribution in [0, 0.1) is 5.92 Å². The van der Waals surface area contributed by atoms with E-state index in [1.165, 1.54) is 57.8 Å². The zero-order valence-corrected chi connectivity index (χ0v) is 15.8. The van der Waals surface area contributed by atoms with Crippen LogP contribution in [-0.4, -0.2) is 45.7 Å². The van der Waals surface area contributed by atoms with E-state index in [2.05, 4.69) is 13.8 Å². The molecule has 0 aromatic carbocycles. The summed E-state index contributed by atoms with van der Waals surface area (Å²) in [6, 6.07) is 0. The first-order valence-electron chi connectivity index (χ1n) is 9.55. The predicted molar refractivity (Wildman–Crippen MR) is 98.1 cm³/mol. The number of rotatable bonds is 15. The van der Waals surface area contributed by atoms with Crippen LogP contribution in [0.15, 0.2) is 0 Å². The summed E-state index contributed by atoms with van der Waals surface area (Å²) >= 11 is 0. The van der Waals surface area contributed by atoms with E-state index in [4.69, 9.17) is 20.4 Å². The zero-order valence-electron chi connectivity index (χ0n) is 15.8. The summed E-state index contributed by atoms with van der Waals surface area (Å²) in [7, 11) is 0. The van der Waals surface area contributed by atoms with Gasteiger partial charge in [0.1, 0.15) is 6.10 Å². The molecule has 5 heteroatoms. The molecule has 0 radical (unpaired) electrons. The van der Waals surface area contributed by atoms with E-state index in [0.29, 0.717) is 6.42 Å². The highest BCUT2D eigenvalue weighted by Gasteiger charge is 1.97. The molecule has 0 spiro atoms. The number of carboxylic acid groups (broad SMARTS) is 1. The maximum Gasteiger partial charge on any atom is 0.303 e. The second-order valence-corrected chi connectivity index (χ2v) is 6.88. The number of aliphatic hydroxyl groups is 3. The molecule has 0 atom stereocenters. The van der Waals surface area contributed by atoms with Crippen molar-refractivity contribution in [1.82, 2.24) is 0 Å². The third kappa shape index (κ3) is 26.3. The third-order valence-corrected chi connectivity index (χ3v) is 3.84. The van der Waals surface area contributed by atoms with Gasteiger partial charge in [0, 0.05) is 6.42 Å². The zero-order chi connectivity index (χ0) is 18.6.